The van der Waals surface area contributed by atoms with Gasteiger partial charge in [0.2, 0.25) is 0 Å². The quantitative estimate of drug-likeness (QED) is 0.792. The molecule has 1 heterocycles. The van der Waals surface area contributed by atoms with E-state index in [2.05, 4.69) is 9.97 Å². The largest absolute Gasteiger partial charge is 0.294 e. The van der Waals surface area contributed by atoms with Gasteiger partial charge in [-0.15, -0.1) is 0 Å². The van der Waals surface area contributed by atoms with Crippen LogP contribution in [0.25, 0.3) is 0 Å². The van der Waals surface area contributed by atoms with Crippen LogP contribution in [0.1, 0.15) is 46.7 Å². The van der Waals surface area contributed by atoms with Crippen LogP contribution in [0.15, 0.2) is 30.5 Å². The molecule has 2 aromatic rings. The number of nitrogens with zero attached hydrogens (tertiary/aromatic N) is 2. The minimum atomic E-state index is 0.176. The summed E-state index contributed by atoms with van der Waals surface area (Å²) in [6.45, 7) is 0. The lowest BCUT2D eigenvalue weighted by Gasteiger charge is -2.06. The molecule has 0 radical (unpaired) electrons. The van der Waals surface area contributed by atoms with Crippen molar-refractivity contribution in [3.05, 3.63) is 58.1 Å². The zero-order valence-corrected chi connectivity index (χ0v) is 11.9. The van der Waals surface area contributed by atoms with E-state index in [9.17, 15) is 4.79 Å². The van der Waals surface area contributed by atoms with Gasteiger partial charge in [-0.05, 0) is 37.0 Å². The van der Waals surface area contributed by atoms with Gasteiger partial charge in [0, 0.05) is 24.1 Å². The second-order valence-electron chi connectivity index (χ2n) is 5.08. The maximum atomic E-state index is 11.9. The number of fused-ring (bicyclic) bond motifs is 1. The Morgan fingerprint density at radius 2 is 1.85 bits per heavy atom. The molecule has 4 heteroatoms. The molecule has 0 saturated heterocycles. The zero-order valence-electron chi connectivity index (χ0n) is 11.1. The molecule has 1 aliphatic rings. The Bertz CT molecular complexity index is 637. The van der Waals surface area contributed by atoms with Crippen molar-refractivity contribution in [1.29, 1.82) is 0 Å². The van der Waals surface area contributed by atoms with Crippen LogP contribution in [0, 0.1) is 0 Å². The maximum Gasteiger partial charge on any atom is 0.166 e. The fraction of sp³-hybridized carbons (Fsp3) is 0.312. The standard InChI is InChI=1S/C16H15ClN2O/c17-12-7-5-11(6-8-12)9-16-18-10-13-14(19-16)3-1-2-4-15(13)20/h5-8,10H,1-4,9H2. The Morgan fingerprint density at radius 1 is 1.10 bits per heavy atom. The van der Waals surface area contributed by atoms with Gasteiger partial charge in [0.1, 0.15) is 5.82 Å². The maximum absolute atomic E-state index is 11.9. The second-order valence-corrected chi connectivity index (χ2v) is 5.52. The number of carbonyl (C=O) groups excluding carboxylic acids is 1. The van der Waals surface area contributed by atoms with Crippen LogP contribution in [0.5, 0.6) is 0 Å². The first-order valence-corrected chi connectivity index (χ1v) is 7.22. The normalized spacial score (nSPS) is 14.8. The lowest BCUT2D eigenvalue weighted by atomic mass is 10.1. The number of hydrogen-bond acceptors (Lipinski definition) is 3. The molecule has 3 nitrogen and oxygen atoms in total. The second kappa shape index (κ2) is 5.71. The van der Waals surface area contributed by atoms with Crippen molar-refractivity contribution in [3.8, 4) is 0 Å². The topological polar surface area (TPSA) is 42.9 Å². The van der Waals surface area contributed by atoms with Crippen molar-refractivity contribution >= 4 is 17.4 Å². The Morgan fingerprint density at radius 3 is 2.65 bits per heavy atom. The monoisotopic (exact) mass is 286 g/mol. The number of rotatable bonds is 2. The van der Waals surface area contributed by atoms with Gasteiger partial charge < -0.3 is 0 Å². The first kappa shape index (κ1) is 13.3. The molecule has 1 aromatic heterocycles. The third kappa shape index (κ3) is 2.88. The fourth-order valence-electron chi connectivity index (χ4n) is 2.46. The molecule has 0 N–H and O–H groups in total. The molecule has 0 bridgehead atoms. The molecule has 0 spiro atoms. The van der Waals surface area contributed by atoms with E-state index in [0.29, 0.717) is 18.4 Å². The van der Waals surface area contributed by atoms with Crippen molar-refractivity contribution in [2.24, 2.45) is 0 Å². The van der Waals surface area contributed by atoms with Gasteiger partial charge in [0.15, 0.2) is 5.78 Å². The van der Waals surface area contributed by atoms with E-state index >= 15 is 0 Å². The third-order valence-corrected chi connectivity index (χ3v) is 3.81. The summed E-state index contributed by atoms with van der Waals surface area (Å²) in [5, 5.41) is 0.724. The van der Waals surface area contributed by atoms with E-state index in [1.807, 2.05) is 24.3 Å². The van der Waals surface area contributed by atoms with E-state index in [-0.39, 0.29) is 5.78 Å². The average molecular weight is 287 g/mol. The molecule has 1 aromatic carbocycles. The molecule has 0 aliphatic heterocycles. The highest BCUT2D eigenvalue weighted by Crippen LogP contribution is 2.19. The third-order valence-electron chi connectivity index (χ3n) is 3.56. The first-order chi connectivity index (χ1) is 9.72. The highest BCUT2D eigenvalue weighted by molar-refractivity contribution is 6.30. The minimum absolute atomic E-state index is 0.176. The molecule has 1 aliphatic carbocycles. The number of ketones is 1. The zero-order chi connectivity index (χ0) is 13.9. The van der Waals surface area contributed by atoms with E-state index < -0.39 is 0 Å². The summed E-state index contributed by atoms with van der Waals surface area (Å²) in [5.74, 6) is 0.941. The summed E-state index contributed by atoms with van der Waals surface area (Å²) < 4.78 is 0. The summed E-state index contributed by atoms with van der Waals surface area (Å²) in [7, 11) is 0. The van der Waals surface area contributed by atoms with Crippen LogP contribution in [0.3, 0.4) is 0 Å². The lowest BCUT2D eigenvalue weighted by molar-refractivity contribution is 0.0981. The molecule has 102 valence electrons. The lowest BCUT2D eigenvalue weighted by Crippen LogP contribution is -2.07. The van der Waals surface area contributed by atoms with Crippen LogP contribution in [-0.2, 0) is 12.8 Å². The Labute approximate surface area is 123 Å². The smallest absolute Gasteiger partial charge is 0.166 e. The predicted molar refractivity (Wildman–Crippen MR) is 78.2 cm³/mol. The highest BCUT2D eigenvalue weighted by Gasteiger charge is 2.17. The van der Waals surface area contributed by atoms with E-state index in [1.54, 1.807) is 6.20 Å². The Balaban J connectivity index is 1.86. The number of aryl methyl sites for hydroxylation is 1. The molecule has 0 fully saturated rings. The van der Waals surface area contributed by atoms with E-state index in [1.165, 1.54) is 0 Å². The van der Waals surface area contributed by atoms with Gasteiger partial charge in [0.25, 0.3) is 0 Å². The van der Waals surface area contributed by atoms with Crippen LogP contribution >= 0.6 is 11.6 Å². The van der Waals surface area contributed by atoms with Crippen LogP contribution in [0.2, 0.25) is 5.02 Å². The minimum Gasteiger partial charge on any atom is -0.294 e. The van der Waals surface area contributed by atoms with Gasteiger partial charge in [0.05, 0.1) is 11.3 Å². The molecule has 0 unspecified atom stereocenters. The molecular weight excluding hydrogens is 272 g/mol. The van der Waals surface area contributed by atoms with Crippen molar-refractivity contribution < 1.29 is 4.79 Å². The van der Waals surface area contributed by atoms with Crippen molar-refractivity contribution in [3.63, 3.8) is 0 Å². The Hall–Kier alpha value is -1.74. The molecule has 3 rings (SSSR count). The summed E-state index contributed by atoms with van der Waals surface area (Å²) >= 11 is 5.87. The average Bonchev–Trinajstić information content (AvgIpc) is 2.63. The Kier molecular flexibility index (Phi) is 3.79. The van der Waals surface area contributed by atoms with Crippen molar-refractivity contribution in [2.75, 3.05) is 0 Å². The van der Waals surface area contributed by atoms with Gasteiger partial charge in [-0.25, -0.2) is 9.97 Å². The van der Waals surface area contributed by atoms with Crippen LogP contribution in [0.4, 0.5) is 0 Å². The molecule has 20 heavy (non-hydrogen) atoms. The molecular formula is C16H15ClN2O. The van der Waals surface area contributed by atoms with Crippen molar-refractivity contribution in [2.45, 2.75) is 32.1 Å². The number of Topliss-reactive ketones (excluding diaryl/α,β-unsaturated/α-hetero) is 1. The molecule has 0 amide bonds. The number of aromatic nitrogens is 2. The van der Waals surface area contributed by atoms with Crippen molar-refractivity contribution in [1.82, 2.24) is 9.97 Å². The summed E-state index contributed by atoms with van der Waals surface area (Å²) in [5.41, 5.74) is 2.74. The van der Waals surface area contributed by atoms with Gasteiger partial charge in [-0.3, -0.25) is 4.79 Å². The molecule has 0 saturated carbocycles. The number of halogens is 1. The fourth-order valence-corrected chi connectivity index (χ4v) is 2.59. The van der Waals surface area contributed by atoms with Crippen LogP contribution in [-0.4, -0.2) is 15.8 Å². The van der Waals surface area contributed by atoms with E-state index in [0.717, 1.165) is 41.4 Å². The first-order valence-electron chi connectivity index (χ1n) is 6.85. The predicted octanol–water partition coefficient (Wildman–Crippen LogP) is 3.63. The highest BCUT2D eigenvalue weighted by atomic mass is 35.5. The number of hydrogen-bond donors (Lipinski definition) is 0. The van der Waals surface area contributed by atoms with Gasteiger partial charge >= 0.3 is 0 Å². The molecule has 0 atom stereocenters. The summed E-state index contributed by atoms with van der Waals surface area (Å²) in [4.78, 5) is 20.8. The summed E-state index contributed by atoms with van der Waals surface area (Å²) in [6, 6.07) is 7.68. The van der Waals surface area contributed by atoms with Gasteiger partial charge in [-0.1, -0.05) is 23.7 Å². The SMILES string of the molecule is O=C1CCCCc2nc(Cc3ccc(Cl)cc3)ncc21. The van der Waals surface area contributed by atoms with E-state index in [4.69, 9.17) is 11.6 Å². The van der Waals surface area contributed by atoms with Crippen LogP contribution < -0.4 is 0 Å². The van der Waals surface area contributed by atoms with Gasteiger partial charge in [-0.2, -0.15) is 0 Å². The summed E-state index contributed by atoms with van der Waals surface area (Å²) in [6.07, 6.45) is 5.82. The number of carbonyl (C=O) groups is 1. The number of benzene rings is 1.